The highest BCUT2D eigenvalue weighted by Gasteiger charge is 2.35. The van der Waals surface area contributed by atoms with E-state index in [1.165, 1.54) is 16.4 Å². The Balaban J connectivity index is 2.28. The van der Waals surface area contributed by atoms with Crippen LogP contribution < -0.4 is 5.32 Å². The van der Waals surface area contributed by atoms with Gasteiger partial charge in [0, 0.05) is 18.1 Å². The van der Waals surface area contributed by atoms with E-state index in [9.17, 15) is 13.2 Å². The van der Waals surface area contributed by atoms with Gasteiger partial charge in [0.1, 0.15) is 6.04 Å². The van der Waals surface area contributed by atoms with Crippen molar-refractivity contribution in [2.45, 2.75) is 62.8 Å². The first-order chi connectivity index (χ1) is 12.0. The highest BCUT2D eigenvalue weighted by Crippen LogP contribution is 2.24. The number of amides is 1. The van der Waals surface area contributed by atoms with Crippen molar-refractivity contribution in [1.29, 1.82) is 0 Å². The Labute approximate surface area is 155 Å². The molecule has 0 aromatic heterocycles. The van der Waals surface area contributed by atoms with Gasteiger partial charge in [0.05, 0.1) is 4.90 Å². The monoisotopic (exact) mass is 386 g/mol. The van der Waals surface area contributed by atoms with Crippen LogP contribution in [0.15, 0.2) is 29.2 Å². The average molecular weight is 387 g/mol. The molecule has 0 saturated carbocycles. The van der Waals surface area contributed by atoms with Crippen LogP contribution in [0.3, 0.4) is 0 Å². The van der Waals surface area contributed by atoms with Crippen LogP contribution in [0.1, 0.15) is 51.9 Å². The predicted octanol–water partition coefficient (Wildman–Crippen LogP) is 3.58. The largest absolute Gasteiger partial charge is 0.355 e. The van der Waals surface area contributed by atoms with Gasteiger partial charge >= 0.3 is 0 Å². The molecule has 1 aliphatic heterocycles. The van der Waals surface area contributed by atoms with Crippen molar-refractivity contribution in [2.75, 3.05) is 13.1 Å². The molecule has 1 N–H and O–H groups in total. The van der Waals surface area contributed by atoms with Crippen LogP contribution in [0.2, 0.25) is 5.02 Å². The SMILES string of the molecule is CCCCCCN([C@@H]1CCCCNC1=O)S(=O)(=O)c1ccc(Cl)cc1. The minimum atomic E-state index is -3.74. The standard InChI is InChI=1S/C18H27ClN2O3S/c1-2-3-4-7-14-21(17-8-5-6-13-20-18(17)22)25(23,24)16-11-9-15(19)10-12-16/h9-12,17H,2-8,13-14H2,1H3,(H,20,22)/t17-/m1/s1. The topological polar surface area (TPSA) is 66.5 Å². The number of nitrogens with zero attached hydrogens (tertiary/aromatic N) is 1. The third kappa shape index (κ3) is 5.43. The van der Waals surface area contributed by atoms with E-state index in [0.717, 1.165) is 38.5 Å². The molecule has 0 bridgehead atoms. The summed E-state index contributed by atoms with van der Waals surface area (Å²) in [5.41, 5.74) is 0. The van der Waals surface area contributed by atoms with E-state index in [-0.39, 0.29) is 10.8 Å². The highest BCUT2D eigenvalue weighted by molar-refractivity contribution is 7.89. The Hall–Kier alpha value is -1.11. The lowest BCUT2D eigenvalue weighted by Gasteiger charge is -2.29. The molecule has 1 aromatic carbocycles. The Morgan fingerprint density at radius 3 is 2.56 bits per heavy atom. The number of halogens is 1. The Kier molecular flexibility index (Phi) is 7.72. The molecule has 0 spiro atoms. The minimum absolute atomic E-state index is 0.185. The summed E-state index contributed by atoms with van der Waals surface area (Å²) >= 11 is 5.88. The van der Waals surface area contributed by atoms with Gasteiger partial charge in [-0.15, -0.1) is 0 Å². The van der Waals surface area contributed by atoms with Gasteiger partial charge in [-0.3, -0.25) is 4.79 Å². The molecule has 1 fully saturated rings. The number of rotatable bonds is 8. The Bertz CT molecular complexity index is 661. The minimum Gasteiger partial charge on any atom is -0.355 e. The van der Waals surface area contributed by atoms with Gasteiger partial charge in [0.25, 0.3) is 0 Å². The van der Waals surface area contributed by atoms with Gasteiger partial charge in [-0.25, -0.2) is 8.42 Å². The zero-order chi connectivity index (χ0) is 18.3. The van der Waals surface area contributed by atoms with Crippen LogP contribution in [-0.2, 0) is 14.8 Å². The quantitative estimate of drug-likeness (QED) is 0.694. The summed E-state index contributed by atoms with van der Waals surface area (Å²) in [4.78, 5) is 12.6. The third-order valence-corrected chi connectivity index (χ3v) is 6.68. The van der Waals surface area contributed by atoms with Gasteiger partial charge in [0.2, 0.25) is 15.9 Å². The number of unbranched alkanes of at least 4 members (excludes halogenated alkanes) is 3. The molecule has 7 heteroatoms. The maximum atomic E-state index is 13.2. The second-order valence-electron chi connectivity index (χ2n) is 6.43. The van der Waals surface area contributed by atoms with E-state index in [1.807, 2.05) is 0 Å². The Morgan fingerprint density at radius 2 is 1.88 bits per heavy atom. The first-order valence-corrected chi connectivity index (χ1v) is 10.8. The fourth-order valence-corrected chi connectivity index (χ4v) is 4.86. The molecule has 0 aliphatic carbocycles. The summed E-state index contributed by atoms with van der Waals surface area (Å²) in [6, 6.07) is 5.51. The molecule has 0 radical (unpaired) electrons. The molecule has 1 aromatic rings. The van der Waals surface area contributed by atoms with E-state index in [1.54, 1.807) is 12.1 Å². The fraction of sp³-hybridized carbons (Fsp3) is 0.611. The molecule has 0 unspecified atom stereocenters. The summed E-state index contributed by atoms with van der Waals surface area (Å²) in [6.45, 7) is 3.09. The van der Waals surface area contributed by atoms with Gasteiger partial charge in [0.15, 0.2) is 0 Å². The molecular formula is C18H27ClN2O3S. The number of hydrogen-bond acceptors (Lipinski definition) is 3. The van der Waals surface area contributed by atoms with Crippen LogP contribution in [0, 0.1) is 0 Å². The molecule has 1 amide bonds. The summed E-state index contributed by atoms with van der Waals surface area (Å²) in [5, 5.41) is 3.33. The first-order valence-electron chi connectivity index (χ1n) is 9.02. The van der Waals surface area contributed by atoms with Crippen molar-refractivity contribution in [1.82, 2.24) is 9.62 Å². The average Bonchev–Trinajstić information content (AvgIpc) is 2.80. The van der Waals surface area contributed by atoms with E-state index in [0.29, 0.717) is 24.5 Å². The fourth-order valence-electron chi connectivity index (χ4n) is 3.08. The molecular weight excluding hydrogens is 360 g/mol. The van der Waals surface area contributed by atoms with Crippen molar-refractivity contribution in [3.8, 4) is 0 Å². The van der Waals surface area contributed by atoms with Crippen molar-refractivity contribution >= 4 is 27.5 Å². The van der Waals surface area contributed by atoms with Gasteiger partial charge in [-0.2, -0.15) is 4.31 Å². The van der Waals surface area contributed by atoms with Crippen molar-refractivity contribution < 1.29 is 13.2 Å². The van der Waals surface area contributed by atoms with Crippen LogP contribution in [-0.4, -0.2) is 37.8 Å². The molecule has 2 rings (SSSR count). The number of hydrogen-bond donors (Lipinski definition) is 1. The molecule has 1 saturated heterocycles. The van der Waals surface area contributed by atoms with Crippen LogP contribution in [0.4, 0.5) is 0 Å². The number of nitrogens with one attached hydrogen (secondary N) is 1. The van der Waals surface area contributed by atoms with Crippen LogP contribution in [0.25, 0.3) is 0 Å². The summed E-state index contributed by atoms with van der Waals surface area (Å²) in [7, 11) is -3.74. The maximum Gasteiger partial charge on any atom is 0.243 e. The molecule has 1 heterocycles. The zero-order valence-corrected chi connectivity index (χ0v) is 16.3. The molecule has 1 atom stereocenters. The Morgan fingerprint density at radius 1 is 1.16 bits per heavy atom. The lowest BCUT2D eigenvalue weighted by molar-refractivity contribution is -0.124. The van der Waals surface area contributed by atoms with Gasteiger partial charge < -0.3 is 5.32 Å². The molecule has 1 aliphatic rings. The van der Waals surface area contributed by atoms with Crippen LogP contribution >= 0.6 is 11.6 Å². The van der Waals surface area contributed by atoms with E-state index in [4.69, 9.17) is 11.6 Å². The third-order valence-electron chi connectivity index (χ3n) is 4.51. The van der Waals surface area contributed by atoms with Crippen molar-refractivity contribution in [3.05, 3.63) is 29.3 Å². The highest BCUT2D eigenvalue weighted by atomic mass is 35.5. The van der Waals surface area contributed by atoms with Crippen molar-refractivity contribution in [3.63, 3.8) is 0 Å². The molecule has 5 nitrogen and oxygen atoms in total. The summed E-state index contributed by atoms with van der Waals surface area (Å²) in [5.74, 6) is -0.189. The van der Waals surface area contributed by atoms with Gasteiger partial charge in [-0.05, 0) is 49.9 Å². The predicted molar refractivity (Wildman–Crippen MR) is 100 cm³/mol. The molecule has 25 heavy (non-hydrogen) atoms. The first kappa shape index (κ1) is 20.2. The summed E-state index contributed by atoms with van der Waals surface area (Å²) in [6.07, 6.45) is 6.13. The second kappa shape index (κ2) is 9.55. The normalized spacial score (nSPS) is 18.8. The zero-order valence-electron chi connectivity index (χ0n) is 14.7. The van der Waals surface area contributed by atoms with E-state index in [2.05, 4.69) is 12.2 Å². The van der Waals surface area contributed by atoms with E-state index >= 15 is 0 Å². The summed E-state index contributed by atoms with van der Waals surface area (Å²) < 4.78 is 27.7. The second-order valence-corrected chi connectivity index (χ2v) is 8.76. The molecule has 140 valence electrons. The lowest BCUT2D eigenvalue weighted by Crippen LogP contribution is -2.49. The van der Waals surface area contributed by atoms with Gasteiger partial charge in [-0.1, -0.05) is 37.8 Å². The van der Waals surface area contributed by atoms with E-state index < -0.39 is 16.1 Å². The number of carbonyl (C=O) groups is 1. The number of carbonyl (C=O) groups excluding carboxylic acids is 1. The smallest absolute Gasteiger partial charge is 0.243 e. The van der Waals surface area contributed by atoms with Crippen molar-refractivity contribution in [2.24, 2.45) is 0 Å². The number of sulfonamides is 1. The van der Waals surface area contributed by atoms with Crippen LogP contribution in [0.5, 0.6) is 0 Å². The lowest BCUT2D eigenvalue weighted by atomic mass is 10.1. The maximum absolute atomic E-state index is 13.2. The number of benzene rings is 1.